The van der Waals surface area contributed by atoms with E-state index in [4.69, 9.17) is 0 Å². The molecule has 30 heavy (non-hydrogen) atoms. The van der Waals surface area contributed by atoms with E-state index in [9.17, 15) is 5.11 Å². The Kier molecular flexibility index (Phi) is 5.80. The summed E-state index contributed by atoms with van der Waals surface area (Å²) < 4.78 is 2.32. The first-order valence-electron chi connectivity index (χ1n) is 10.2. The van der Waals surface area contributed by atoms with Crippen molar-refractivity contribution in [2.24, 2.45) is 0 Å². The second kappa shape index (κ2) is 8.50. The van der Waals surface area contributed by atoms with Crippen LogP contribution in [0.3, 0.4) is 0 Å². The van der Waals surface area contributed by atoms with Crippen LogP contribution in [0.15, 0.2) is 66.9 Å². The van der Waals surface area contributed by atoms with Gasteiger partial charge in [-0.05, 0) is 36.1 Å². The summed E-state index contributed by atoms with van der Waals surface area (Å²) >= 11 is 0. The molecule has 0 fully saturated rings. The maximum absolute atomic E-state index is 10.1. The van der Waals surface area contributed by atoms with E-state index < -0.39 is 0 Å². The van der Waals surface area contributed by atoms with Crippen LogP contribution in [-0.4, -0.2) is 21.2 Å². The van der Waals surface area contributed by atoms with Gasteiger partial charge in [0, 0.05) is 37.1 Å². The predicted molar refractivity (Wildman–Crippen MR) is 124 cm³/mol. The first kappa shape index (κ1) is 20.5. The monoisotopic (exact) mass is 419 g/mol. The van der Waals surface area contributed by atoms with Crippen LogP contribution in [0.1, 0.15) is 27.9 Å². The van der Waals surface area contributed by atoms with E-state index >= 15 is 0 Å². The first-order valence-corrected chi connectivity index (χ1v) is 10.2. The minimum absolute atomic E-state index is 0. The second-order valence-corrected chi connectivity index (χ2v) is 7.76. The van der Waals surface area contributed by atoms with Crippen LogP contribution in [0.2, 0.25) is 0 Å². The summed E-state index contributed by atoms with van der Waals surface area (Å²) in [7, 11) is 0. The lowest BCUT2D eigenvalue weighted by Crippen LogP contribution is -2.30. The van der Waals surface area contributed by atoms with Gasteiger partial charge >= 0.3 is 0 Å². The Bertz CT molecular complexity index is 1170. The van der Waals surface area contributed by atoms with Crippen molar-refractivity contribution in [1.82, 2.24) is 9.55 Å². The molecule has 5 heteroatoms. The highest BCUT2D eigenvalue weighted by Crippen LogP contribution is 2.35. The van der Waals surface area contributed by atoms with E-state index in [1.165, 1.54) is 22.4 Å². The average molecular weight is 420 g/mol. The highest BCUT2D eigenvalue weighted by atomic mass is 35.5. The van der Waals surface area contributed by atoms with E-state index in [1.54, 1.807) is 0 Å². The van der Waals surface area contributed by atoms with Gasteiger partial charge in [0.25, 0.3) is 0 Å². The molecule has 0 amide bonds. The lowest BCUT2D eigenvalue weighted by Gasteiger charge is -2.31. The fourth-order valence-corrected chi connectivity index (χ4v) is 4.54. The zero-order valence-corrected chi connectivity index (χ0v) is 17.9. The van der Waals surface area contributed by atoms with Crippen molar-refractivity contribution in [3.63, 3.8) is 0 Å². The Morgan fingerprint density at radius 1 is 0.967 bits per heavy atom. The fourth-order valence-electron chi connectivity index (χ4n) is 4.54. The number of hydrogen-bond acceptors (Lipinski definition) is 3. The van der Waals surface area contributed by atoms with E-state index in [2.05, 4.69) is 76.0 Å². The Labute approximate surface area is 183 Å². The Balaban J connectivity index is 0.00000218. The van der Waals surface area contributed by atoms with Gasteiger partial charge in [-0.15, -0.1) is 12.4 Å². The number of halogens is 1. The van der Waals surface area contributed by atoms with E-state index in [0.29, 0.717) is 0 Å². The van der Waals surface area contributed by atoms with Crippen LogP contribution in [0.5, 0.6) is 0 Å². The molecular weight excluding hydrogens is 394 g/mol. The molecule has 0 aliphatic carbocycles. The molecule has 0 bridgehead atoms. The highest BCUT2D eigenvalue weighted by molar-refractivity contribution is 5.92. The van der Waals surface area contributed by atoms with Crippen LogP contribution < -0.4 is 4.90 Å². The molecule has 0 radical (unpaired) electrons. The summed E-state index contributed by atoms with van der Waals surface area (Å²) in [5, 5.41) is 10.1. The molecule has 4 nitrogen and oxygen atoms in total. The molecule has 4 aromatic rings. The molecule has 2 aromatic carbocycles. The van der Waals surface area contributed by atoms with Crippen molar-refractivity contribution in [2.75, 3.05) is 11.4 Å². The summed E-state index contributed by atoms with van der Waals surface area (Å²) in [4.78, 5) is 7.12. The third-order valence-electron chi connectivity index (χ3n) is 6.11. The van der Waals surface area contributed by atoms with Gasteiger partial charge in [0.2, 0.25) is 0 Å². The SMILES string of the molecule is Cc1c(CO)c2nccc(N3CCc4ccccc4C3)c2n1Cc1ccccc1.Cl. The molecule has 154 valence electrons. The topological polar surface area (TPSA) is 41.3 Å². The first-order chi connectivity index (χ1) is 14.3. The molecule has 2 aromatic heterocycles. The van der Waals surface area contributed by atoms with Crippen molar-refractivity contribution in [3.8, 4) is 0 Å². The highest BCUT2D eigenvalue weighted by Gasteiger charge is 2.23. The van der Waals surface area contributed by atoms with Gasteiger partial charge in [-0.1, -0.05) is 54.6 Å². The minimum Gasteiger partial charge on any atom is -0.392 e. The van der Waals surface area contributed by atoms with Gasteiger partial charge < -0.3 is 14.6 Å². The van der Waals surface area contributed by atoms with Gasteiger partial charge in [0.15, 0.2) is 0 Å². The molecule has 0 unspecified atom stereocenters. The van der Waals surface area contributed by atoms with Gasteiger partial charge in [-0.25, -0.2) is 0 Å². The third-order valence-corrected chi connectivity index (χ3v) is 6.11. The Morgan fingerprint density at radius 2 is 1.70 bits per heavy atom. The number of nitrogens with zero attached hydrogens (tertiary/aromatic N) is 3. The Morgan fingerprint density at radius 3 is 2.47 bits per heavy atom. The number of anilines is 1. The molecule has 1 N–H and O–H groups in total. The van der Waals surface area contributed by atoms with Crippen molar-refractivity contribution in [1.29, 1.82) is 0 Å². The summed E-state index contributed by atoms with van der Waals surface area (Å²) in [5.74, 6) is 0. The molecule has 5 rings (SSSR count). The third kappa shape index (κ3) is 3.47. The molecule has 0 saturated carbocycles. The molecular formula is C25H26ClN3O. The zero-order valence-electron chi connectivity index (χ0n) is 17.1. The second-order valence-electron chi connectivity index (χ2n) is 7.76. The van der Waals surface area contributed by atoms with Crippen molar-refractivity contribution < 1.29 is 5.11 Å². The average Bonchev–Trinajstić information content (AvgIpc) is 3.05. The zero-order chi connectivity index (χ0) is 19.8. The number of aliphatic hydroxyl groups excluding tert-OH is 1. The smallest absolute Gasteiger partial charge is 0.0960 e. The maximum atomic E-state index is 10.1. The molecule has 0 spiro atoms. The number of hydrogen-bond donors (Lipinski definition) is 1. The lowest BCUT2D eigenvalue weighted by atomic mass is 9.99. The standard InChI is InChI=1S/C25H25N3O.ClH/c1-18-22(17-29)24-25(28(18)15-19-7-3-2-4-8-19)23(11-13-26-24)27-14-12-20-9-5-6-10-21(20)16-27;/h2-11,13,29H,12,14-17H2,1H3;1H. The number of aliphatic hydroxyl groups is 1. The lowest BCUT2D eigenvalue weighted by molar-refractivity contribution is 0.282. The van der Waals surface area contributed by atoms with Gasteiger partial charge in [0.05, 0.1) is 23.3 Å². The van der Waals surface area contributed by atoms with Gasteiger partial charge in [-0.3, -0.25) is 4.98 Å². The summed E-state index contributed by atoms with van der Waals surface area (Å²) in [6.45, 7) is 4.75. The van der Waals surface area contributed by atoms with Gasteiger partial charge in [0.1, 0.15) is 0 Å². The largest absolute Gasteiger partial charge is 0.392 e. The van der Waals surface area contributed by atoms with Crippen molar-refractivity contribution in [3.05, 3.63) is 94.8 Å². The molecule has 3 heterocycles. The summed E-state index contributed by atoms with van der Waals surface area (Å²) in [6.07, 6.45) is 2.93. The van der Waals surface area contributed by atoms with Crippen LogP contribution in [0, 0.1) is 6.92 Å². The molecule has 1 aliphatic heterocycles. The van der Waals surface area contributed by atoms with Crippen LogP contribution in [-0.2, 0) is 26.1 Å². The molecule has 0 saturated heterocycles. The van der Waals surface area contributed by atoms with Crippen molar-refractivity contribution >= 4 is 29.1 Å². The Hall–Kier alpha value is -2.82. The number of rotatable bonds is 4. The number of aromatic nitrogens is 2. The number of fused-ring (bicyclic) bond motifs is 2. The quantitative estimate of drug-likeness (QED) is 0.513. The van der Waals surface area contributed by atoms with E-state index in [0.717, 1.165) is 48.3 Å². The molecule has 0 atom stereocenters. The van der Waals surface area contributed by atoms with Gasteiger partial charge in [-0.2, -0.15) is 0 Å². The fraction of sp³-hybridized carbons (Fsp3) is 0.240. The predicted octanol–water partition coefficient (Wildman–Crippen LogP) is 4.87. The molecule has 1 aliphatic rings. The number of benzene rings is 2. The number of pyridine rings is 1. The van der Waals surface area contributed by atoms with Crippen LogP contribution in [0.4, 0.5) is 5.69 Å². The van der Waals surface area contributed by atoms with E-state index in [-0.39, 0.29) is 19.0 Å². The van der Waals surface area contributed by atoms with E-state index in [1.807, 2.05) is 12.3 Å². The summed E-state index contributed by atoms with van der Waals surface area (Å²) in [6, 6.07) is 21.3. The maximum Gasteiger partial charge on any atom is 0.0960 e. The normalized spacial score (nSPS) is 13.2. The minimum atomic E-state index is 0. The summed E-state index contributed by atoms with van der Waals surface area (Å²) in [5.41, 5.74) is 9.33. The van der Waals surface area contributed by atoms with Crippen LogP contribution in [0.25, 0.3) is 11.0 Å². The van der Waals surface area contributed by atoms with Crippen LogP contribution >= 0.6 is 12.4 Å². The van der Waals surface area contributed by atoms with Crippen molar-refractivity contribution in [2.45, 2.75) is 33.0 Å².